The lowest BCUT2D eigenvalue weighted by molar-refractivity contribution is -0.161. The van der Waals surface area contributed by atoms with Gasteiger partial charge in [0.15, 0.2) is 6.10 Å². The smallest absolute Gasteiger partial charge is 0.306 e. The summed E-state index contributed by atoms with van der Waals surface area (Å²) in [5.41, 5.74) is 0. The van der Waals surface area contributed by atoms with E-state index in [9.17, 15) is 14.7 Å². The van der Waals surface area contributed by atoms with E-state index in [4.69, 9.17) is 9.47 Å². The monoisotopic (exact) mass is 677 g/mol. The molecule has 0 radical (unpaired) electrons. The highest BCUT2D eigenvalue weighted by Gasteiger charge is 2.16. The second-order valence-corrected chi connectivity index (χ2v) is 14.1. The van der Waals surface area contributed by atoms with Crippen LogP contribution in [0.15, 0.2) is 24.3 Å². The van der Waals surface area contributed by atoms with E-state index in [0.717, 1.165) is 51.4 Å². The summed E-state index contributed by atoms with van der Waals surface area (Å²) in [5, 5.41) is 9.56. The number of carbonyl (C=O) groups excluding carboxylic acids is 2. The van der Waals surface area contributed by atoms with Crippen LogP contribution in [0.3, 0.4) is 0 Å². The van der Waals surface area contributed by atoms with Crippen LogP contribution in [0, 0.1) is 0 Å². The van der Waals surface area contributed by atoms with E-state index in [1.54, 1.807) is 0 Å². The quantitative estimate of drug-likeness (QED) is 0.0400. The molecule has 0 aromatic rings. The minimum atomic E-state index is -0.775. The molecule has 0 heterocycles. The van der Waals surface area contributed by atoms with Crippen molar-refractivity contribution in [3.8, 4) is 0 Å². The van der Waals surface area contributed by atoms with Crippen molar-refractivity contribution < 1.29 is 24.2 Å². The maximum absolute atomic E-state index is 12.2. The van der Waals surface area contributed by atoms with Gasteiger partial charge in [0.05, 0.1) is 6.61 Å². The number of carbonyl (C=O) groups is 2. The minimum absolute atomic E-state index is 0.0705. The molecule has 1 unspecified atom stereocenters. The van der Waals surface area contributed by atoms with Crippen LogP contribution in [0.1, 0.15) is 219 Å². The van der Waals surface area contributed by atoms with Gasteiger partial charge in [-0.25, -0.2) is 0 Å². The average Bonchev–Trinajstić information content (AvgIpc) is 3.09. The predicted octanol–water partition coefficient (Wildman–Crippen LogP) is 13.1. The molecule has 0 rings (SSSR count). The van der Waals surface area contributed by atoms with Gasteiger partial charge in [-0.2, -0.15) is 0 Å². The highest BCUT2D eigenvalue weighted by molar-refractivity contribution is 5.70. The van der Waals surface area contributed by atoms with Crippen LogP contribution in [-0.4, -0.2) is 36.4 Å². The molecule has 0 spiro atoms. The molecule has 0 aromatic carbocycles. The van der Waals surface area contributed by atoms with Gasteiger partial charge in [-0.3, -0.25) is 9.59 Å². The van der Waals surface area contributed by atoms with E-state index in [-0.39, 0.29) is 25.2 Å². The fourth-order valence-corrected chi connectivity index (χ4v) is 6.01. The Morgan fingerprint density at radius 3 is 1.12 bits per heavy atom. The number of hydrogen-bond acceptors (Lipinski definition) is 5. The second-order valence-electron chi connectivity index (χ2n) is 14.1. The first-order valence-electron chi connectivity index (χ1n) is 20.9. The third kappa shape index (κ3) is 37.2. The first-order valence-corrected chi connectivity index (χ1v) is 20.9. The molecule has 0 aliphatic carbocycles. The highest BCUT2D eigenvalue weighted by atomic mass is 16.6. The van der Waals surface area contributed by atoms with Crippen LogP contribution < -0.4 is 0 Å². The van der Waals surface area contributed by atoms with Crippen molar-refractivity contribution in [3.05, 3.63) is 24.3 Å². The molecule has 1 N–H and O–H groups in total. The Labute approximate surface area is 298 Å². The number of ether oxygens (including phenoxy) is 2. The summed E-state index contributed by atoms with van der Waals surface area (Å²) in [6, 6.07) is 0. The van der Waals surface area contributed by atoms with Crippen LogP contribution >= 0.6 is 0 Å². The number of allylic oxidation sites excluding steroid dienone is 4. The summed E-state index contributed by atoms with van der Waals surface area (Å²) < 4.78 is 10.6. The van der Waals surface area contributed by atoms with E-state index in [1.807, 2.05) is 0 Å². The molecule has 0 aromatic heterocycles. The Bertz CT molecular complexity index is 731. The lowest BCUT2D eigenvalue weighted by atomic mass is 10.1. The zero-order valence-electron chi connectivity index (χ0n) is 32.0. The summed E-state index contributed by atoms with van der Waals surface area (Å²) in [7, 11) is 0. The zero-order valence-corrected chi connectivity index (χ0v) is 32.0. The van der Waals surface area contributed by atoms with E-state index in [2.05, 4.69) is 38.2 Å². The van der Waals surface area contributed by atoms with Crippen LogP contribution in [0.25, 0.3) is 0 Å². The Morgan fingerprint density at radius 2 is 0.771 bits per heavy atom. The topological polar surface area (TPSA) is 72.8 Å². The molecular weight excluding hydrogens is 596 g/mol. The van der Waals surface area contributed by atoms with Gasteiger partial charge in [0.25, 0.3) is 0 Å². The maximum Gasteiger partial charge on any atom is 0.306 e. The maximum atomic E-state index is 12.2. The van der Waals surface area contributed by atoms with E-state index in [1.165, 1.54) is 141 Å². The Morgan fingerprint density at radius 1 is 0.458 bits per heavy atom. The molecule has 48 heavy (non-hydrogen) atoms. The number of rotatable bonds is 38. The van der Waals surface area contributed by atoms with Crippen LogP contribution in [0.5, 0.6) is 0 Å². The molecule has 0 saturated carbocycles. The first kappa shape index (κ1) is 46.4. The summed E-state index contributed by atoms with van der Waals surface area (Å²) in [4.78, 5) is 24.3. The lowest BCUT2D eigenvalue weighted by Gasteiger charge is -2.15. The standard InChI is InChI=1S/C43H80O5/c1-3-5-7-9-11-13-15-17-19-21-23-25-27-29-31-33-35-37-42(45)47-40-41(39-44)48-43(46)38-36-34-32-30-28-26-24-22-20-18-16-14-12-10-8-6-4-2/h21-24,41,44H,3-20,25-40H2,1-2H3/b23-21-,24-22-. The molecular formula is C43H80O5. The molecule has 282 valence electrons. The van der Waals surface area contributed by atoms with Gasteiger partial charge in [0, 0.05) is 12.8 Å². The van der Waals surface area contributed by atoms with Gasteiger partial charge in [-0.15, -0.1) is 0 Å². The fourth-order valence-electron chi connectivity index (χ4n) is 6.01. The van der Waals surface area contributed by atoms with Gasteiger partial charge < -0.3 is 14.6 Å². The Balaban J connectivity index is 3.55. The van der Waals surface area contributed by atoms with E-state index in [0.29, 0.717) is 12.8 Å². The van der Waals surface area contributed by atoms with Gasteiger partial charge in [0.2, 0.25) is 0 Å². The number of aliphatic hydroxyl groups excluding tert-OH is 1. The first-order chi connectivity index (χ1) is 23.6. The fraction of sp³-hybridized carbons (Fsp3) is 0.860. The highest BCUT2D eigenvalue weighted by Crippen LogP contribution is 2.13. The zero-order chi connectivity index (χ0) is 35.0. The average molecular weight is 677 g/mol. The second kappa shape index (κ2) is 39.8. The molecule has 5 nitrogen and oxygen atoms in total. The molecule has 0 bridgehead atoms. The van der Waals surface area contributed by atoms with Crippen molar-refractivity contribution in [2.45, 2.75) is 225 Å². The molecule has 0 aliphatic heterocycles. The van der Waals surface area contributed by atoms with Crippen molar-refractivity contribution in [1.82, 2.24) is 0 Å². The van der Waals surface area contributed by atoms with Crippen molar-refractivity contribution in [2.75, 3.05) is 13.2 Å². The largest absolute Gasteiger partial charge is 0.462 e. The van der Waals surface area contributed by atoms with Gasteiger partial charge in [-0.05, 0) is 64.2 Å². The summed E-state index contributed by atoms with van der Waals surface area (Å²) in [6.07, 6.45) is 46.7. The molecule has 0 aliphatic rings. The molecule has 1 atom stereocenters. The van der Waals surface area contributed by atoms with Crippen LogP contribution in [-0.2, 0) is 19.1 Å². The summed E-state index contributed by atoms with van der Waals surface area (Å²) in [5.74, 6) is -0.603. The van der Waals surface area contributed by atoms with Crippen molar-refractivity contribution >= 4 is 11.9 Å². The van der Waals surface area contributed by atoms with Crippen molar-refractivity contribution in [3.63, 3.8) is 0 Å². The van der Waals surface area contributed by atoms with Gasteiger partial charge in [-0.1, -0.05) is 167 Å². The van der Waals surface area contributed by atoms with E-state index >= 15 is 0 Å². The predicted molar refractivity (Wildman–Crippen MR) is 205 cm³/mol. The lowest BCUT2D eigenvalue weighted by Crippen LogP contribution is -2.28. The SMILES string of the molecule is CCCCCCCCCC/C=C\CCCCCCCC(=O)OCC(CO)OC(=O)CCCCCCC/C=C\CCCCCCCCCC. The third-order valence-electron chi connectivity index (χ3n) is 9.22. The third-order valence-corrected chi connectivity index (χ3v) is 9.22. The summed E-state index contributed by atoms with van der Waals surface area (Å²) in [6.45, 7) is 4.13. The minimum Gasteiger partial charge on any atom is -0.462 e. The Kier molecular flexibility index (Phi) is 38.5. The number of esters is 2. The van der Waals surface area contributed by atoms with Gasteiger partial charge >= 0.3 is 11.9 Å². The molecule has 5 heteroatoms. The summed E-state index contributed by atoms with van der Waals surface area (Å²) >= 11 is 0. The van der Waals surface area contributed by atoms with Crippen molar-refractivity contribution in [2.24, 2.45) is 0 Å². The molecule has 0 amide bonds. The molecule has 0 fully saturated rings. The van der Waals surface area contributed by atoms with Crippen molar-refractivity contribution in [1.29, 1.82) is 0 Å². The van der Waals surface area contributed by atoms with Crippen LogP contribution in [0.2, 0.25) is 0 Å². The van der Waals surface area contributed by atoms with Gasteiger partial charge in [0.1, 0.15) is 6.61 Å². The number of unbranched alkanes of at least 4 members (excludes halogenated alkanes) is 26. The number of aliphatic hydroxyl groups is 1. The Hall–Kier alpha value is -1.62. The van der Waals surface area contributed by atoms with E-state index < -0.39 is 6.10 Å². The molecule has 0 saturated heterocycles. The number of hydrogen-bond donors (Lipinski definition) is 1. The normalized spacial score (nSPS) is 12.3. The van der Waals surface area contributed by atoms with Crippen LogP contribution in [0.4, 0.5) is 0 Å².